The van der Waals surface area contributed by atoms with E-state index in [2.05, 4.69) is 5.32 Å². The maximum absolute atomic E-state index is 12.3. The molecule has 0 spiro atoms. The minimum Gasteiger partial charge on any atom is -0.383 e. The zero-order valence-corrected chi connectivity index (χ0v) is 13.6. The van der Waals surface area contributed by atoms with Crippen LogP contribution in [0.4, 0.5) is 5.69 Å². The van der Waals surface area contributed by atoms with Crippen LogP contribution in [0.25, 0.3) is 0 Å². The molecule has 0 unspecified atom stereocenters. The van der Waals surface area contributed by atoms with Crippen LogP contribution < -0.4 is 5.32 Å². The highest BCUT2D eigenvalue weighted by atomic mass is 16.3. The molecule has 2 rings (SSSR count). The normalized spacial score (nSPS) is 13.5. The number of hydrogen-bond acceptors (Lipinski definition) is 2. The molecule has 0 saturated heterocycles. The SMILES string of the molecule is Cc1ccc([C@H](C)[C@H](O)C(=O)Nc2cccc(C)c2C)cc1. The molecule has 0 aromatic heterocycles. The molecule has 3 heteroatoms. The third kappa shape index (κ3) is 3.55. The molecule has 0 radical (unpaired) electrons. The number of aliphatic hydroxyl groups is 1. The van der Waals surface area contributed by atoms with Crippen molar-refractivity contribution in [3.63, 3.8) is 0 Å². The molecule has 0 saturated carbocycles. The van der Waals surface area contributed by atoms with Gasteiger partial charge in [-0.15, -0.1) is 0 Å². The summed E-state index contributed by atoms with van der Waals surface area (Å²) < 4.78 is 0. The van der Waals surface area contributed by atoms with Gasteiger partial charge in [0.05, 0.1) is 0 Å². The first kappa shape index (κ1) is 16.2. The number of rotatable bonds is 4. The third-order valence-corrected chi connectivity index (χ3v) is 4.21. The maximum Gasteiger partial charge on any atom is 0.253 e. The monoisotopic (exact) mass is 297 g/mol. The summed E-state index contributed by atoms with van der Waals surface area (Å²) in [6.45, 7) is 7.83. The largest absolute Gasteiger partial charge is 0.383 e. The predicted molar refractivity (Wildman–Crippen MR) is 90.1 cm³/mol. The molecule has 0 aliphatic carbocycles. The molecular formula is C19H23NO2. The third-order valence-electron chi connectivity index (χ3n) is 4.21. The fourth-order valence-corrected chi connectivity index (χ4v) is 2.37. The molecular weight excluding hydrogens is 274 g/mol. The number of aryl methyl sites for hydroxylation is 2. The van der Waals surface area contributed by atoms with Crippen LogP contribution in [0, 0.1) is 20.8 Å². The van der Waals surface area contributed by atoms with Crippen molar-refractivity contribution in [1.29, 1.82) is 0 Å². The number of carbonyl (C=O) groups excluding carboxylic acids is 1. The molecule has 116 valence electrons. The summed E-state index contributed by atoms with van der Waals surface area (Å²) in [5.41, 5.74) is 4.99. The van der Waals surface area contributed by atoms with Gasteiger partial charge in [0, 0.05) is 11.6 Å². The van der Waals surface area contributed by atoms with Gasteiger partial charge >= 0.3 is 0 Å². The Kier molecular flexibility index (Phi) is 4.99. The van der Waals surface area contributed by atoms with Gasteiger partial charge in [-0.1, -0.05) is 48.9 Å². The summed E-state index contributed by atoms with van der Waals surface area (Å²) in [6.07, 6.45) is -1.08. The van der Waals surface area contributed by atoms with Gasteiger partial charge in [-0.3, -0.25) is 4.79 Å². The van der Waals surface area contributed by atoms with Crippen molar-refractivity contribution in [3.05, 3.63) is 64.7 Å². The molecule has 22 heavy (non-hydrogen) atoms. The van der Waals surface area contributed by atoms with E-state index >= 15 is 0 Å². The lowest BCUT2D eigenvalue weighted by molar-refractivity contribution is -0.124. The van der Waals surface area contributed by atoms with E-state index in [4.69, 9.17) is 0 Å². The van der Waals surface area contributed by atoms with E-state index in [0.29, 0.717) is 0 Å². The Morgan fingerprint density at radius 1 is 1.05 bits per heavy atom. The van der Waals surface area contributed by atoms with Gasteiger partial charge in [0.1, 0.15) is 6.10 Å². The highest BCUT2D eigenvalue weighted by Gasteiger charge is 2.24. The minimum absolute atomic E-state index is 0.259. The van der Waals surface area contributed by atoms with Crippen molar-refractivity contribution in [1.82, 2.24) is 0 Å². The summed E-state index contributed by atoms with van der Waals surface area (Å²) in [7, 11) is 0. The molecule has 2 aromatic rings. The predicted octanol–water partition coefficient (Wildman–Crippen LogP) is 3.71. The van der Waals surface area contributed by atoms with E-state index in [1.165, 1.54) is 0 Å². The quantitative estimate of drug-likeness (QED) is 0.903. The molecule has 2 atom stereocenters. The van der Waals surface area contributed by atoms with Crippen molar-refractivity contribution < 1.29 is 9.90 Å². The number of benzene rings is 2. The van der Waals surface area contributed by atoms with Crippen LogP contribution in [-0.2, 0) is 4.79 Å². The van der Waals surface area contributed by atoms with Crippen LogP contribution in [0.1, 0.15) is 35.1 Å². The number of amides is 1. The summed E-state index contributed by atoms with van der Waals surface area (Å²) in [6, 6.07) is 13.6. The van der Waals surface area contributed by atoms with Crippen molar-refractivity contribution in [2.45, 2.75) is 39.7 Å². The van der Waals surface area contributed by atoms with E-state index in [1.807, 2.05) is 70.2 Å². The Hall–Kier alpha value is -2.13. The van der Waals surface area contributed by atoms with Crippen molar-refractivity contribution in [2.75, 3.05) is 5.32 Å². The van der Waals surface area contributed by atoms with Crippen LogP contribution in [0.5, 0.6) is 0 Å². The average Bonchev–Trinajstić information content (AvgIpc) is 2.51. The lowest BCUT2D eigenvalue weighted by Gasteiger charge is -2.20. The molecule has 3 nitrogen and oxygen atoms in total. The molecule has 0 aliphatic rings. The van der Waals surface area contributed by atoms with Crippen molar-refractivity contribution in [2.24, 2.45) is 0 Å². The van der Waals surface area contributed by atoms with E-state index in [1.54, 1.807) is 0 Å². The van der Waals surface area contributed by atoms with Crippen LogP contribution in [-0.4, -0.2) is 17.1 Å². The zero-order valence-electron chi connectivity index (χ0n) is 13.6. The smallest absolute Gasteiger partial charge is 0.253 e. The first-order valence-electron chi connectivity index (χ1n) is 7.52. The van der Waals surface area contributed by atoms with Crippen LogP contribution in [0.15, 0.2) is 42.5 Å². The second-order valence-electron chi connectivity index (χ2n) is 5.88. The standard InChI is InChI=1S/C19H23NO2/c1-12-8-10-16(11-9-12)15(4)18(21)19(22)20-17-7-5-6-13(2)14(17)3/h5-11,15,18,21H,1-4H3,(H,20,22)/t15-,18-/m0/s1. The molecule has 2 aromatic carbocycles. The molecule has 1 amide bonds. The number of aliphatic hydroxyl groups excluding tert-OH is 1. The lowest BCUT2D eigenvalue weighted by Crippen LogP contribution is -2.32. The van der Waals surface area contributed by atoms with E-state index in [-0.39, 0.29) is 11.8 Å². The Morgan fingerprint density at radius 3 is 2.32 bits per heavy atom. The van der Waals surface area contributed by atoms with Gasteiger partial charge < -0.3 is 10.4 Å². The molecule has 0 aliphatic heterocycles. The minimum atomic E-state index is -1.08. The molecule has 0 bridgehead atoms. The fraction of sp³-hybridized carbons (Fsp3) is 0.316. The molecule has 0 fully saturated rings. The van der Waals surface area contributed by atoms with Gasteiger partial charge in [0.2, 0.25) is 0 Å². The van der Waals surface area contributed by atoms with Crippen LogP contribution in [0.2, 0.25) is 0 Å². The maximum atomic E-state index is 12.3. The highest BCUT2D eigenvalue weighted by molar-refractivity contribution is 5.95. The first-order valence-corrected chi connectivity index (χ1v) is 7.52. The van der Waals surface area contributed by atoms with Crippen LogP contribution in [0.3, 0.4) is 0 Å². The van der Waals surface area contributed by atoms with E-state index in [9.17, 15) is 9.90 Å². The van der Waals surface area contributed by atoms with Crippen LogP contribution >= 0.6 is 0 Å². The zero-order chi connectivity index (χ0) is 16.3. The second kappa shape index (κ2) is 6.75. The fourth-order valence-electron chi connectivity index (χ4n) is 2.37. The Bertz CT molecular complexity index is 662. The Balaban J connectivity index is 2.11. The molecule has 0 heterocycles. The summed E-state index contributed by atoms with van der Waals surface area (Å²) in [4.78, 5) is 12.3. The van der Waals surface area contributed by atoms with Crippen molar-refractivity contribution in [3.8, 4) is 0 Å². The van der Waals surface area contributed by atoms with E-state index in [0.717, 1.165) is 27.9 Å². The highest BCUT2D eigenvalue weighted by Crippen LogP contribution is 2.23. The summed E-state index contributed by atoms with van der Waals surface area (Å²) in [5, 5.41) is 13.1. The average molecular weight is 297 g/mol. The van der Waals surface area contributed by atoms with Gasteiger partial charge in [0.15, 0.2) is 0 Å². The van der Waals surface area contributed by atoms with Gasteiger partial charge in [-0.05, 0) is 43.5 Å². The van der Waals surface area contributed by atoms with Crippen molar-refractivity contribution >= 4 is 11.6 Å². The number of nitrogens with one attached hydrogen (secondary N) is 1. The first-order chi connectivity index (χ1) is 10.4. The number of carbonyl (C=O) groups is 1. The Morgan fingerprint density at radius 2 is 1.68 bits per heavy atom. The Labute approximate surface area is 132 Å². The summed E-state index contributed by atoms with van der Waals surface area (Å²) in [5.74, 6) is -0.632. The van der Waals surface area contributed by atoms with Gasteiger partial charge in [-0.2, -0.15) is 0 Å². The van der Waals surface area contributed by atoms with Gasteiger partial charge in [0.25, 0.3) is 5.91 Å². The molecule has 2 N–H and O–H groups in total. The summed E-state index contributed by atoms with van der Waals surface area (Å²) >= 11 is 0. The second-order valence-corrected chi connectivity index (χ2v) is 5.88. The van der Waals surface area contributed by atoms with E-state index < -0.39 is 6.10 Å². The number of hydrogen-bond donors (Lipinski definition) is 2. The van der Waals surface area contributed by atoms with Gasteiger partial charge in [-0.25, -0.2) is 0 Å². The number of anilines is 1. The lowest BCUT2D eigenvalue weighted by atomic mass is 9.94. The topological polar surface area (TPSA) is 49.3 Å².